The van der Waals surface area contributed by atoms with Crippen molar-refractivity contribution in [3.8, 4) is 0 Å². The first-order valence-corrected chi connectivity index (χ1v) is 8.90. The summed E-state index contributed by atoms with van der Waals surface area (Å²) in [5, 5.41) is 6.67. The molecule has 0 aliphatic rings. The Balaban J connectivity index is 0. The molecular formula is C17H39IN4O2. The summed E-state index contributed by atoms with van der Waals surface area (Å²) in [4.78, 5) is 6.94. The lowest BCUT2D eigenvalue weighted by Crippen LogP contribution is -2.38. The van der Waals surface area contributed by atoms with Crippen molar-refractivity contribution >= 4 is 29.9 Å². The third-order valence-electron chi connectivity index (χ3n) is 3.60. The topological polar surface area (TPSA) is 58.1 Å². The second kappa shape index (κ2) is 19.2. The Bertz CT molecular complexity index is 292. The molecule has 0 aliphatic carbocycles. The van der Waals surface area contributed by atoms with Gasteiger partial charge in [0.15, 0.2) is 5.96 Å². The first-order valence-electron chi connectivity index (χ1n) is 8.90. The number of methoxy groups -OCH3 is 1. The van der Waals surface area contributed by atoms with Crippen LogP contribution >= 0.6 is 24.0 Å². The molecule has 0 amide bonds. The molecule has 0 rings (SSSR count). The van der Waals surface area contributed by atoms with Crippen LogP contribution in [0.1, 0.15) is 40.0 Å². The van der Waals surface area contributed by atoms with E-state index in [-0.39, 0.29) is 24.0 Å². The third kappa shape index (κ3) is 16.7. The average molecular weight is 458 g/mol. The van der Waals surface area contributed by atoms with Crippen LogP contribution in [-0.2, 0) is 9.47 Å². The second-order valence-electron chi connectivity index (χ2n) is 5.93. The molecular weight excluding hydrogens is 419 g/mol. The van der Waals surface area contributed by atoms with Gasteiger partial charge in [0.25, 0.3) is 0 Å². The summed E-state index contributed by atoms with van der Waals surface area (Å²) in [7, 11) is 3.86. The number of nitrogens with zero attached hydrogens (tertiary/aromatic N) is 2. The lowest BCUT2D eigenvalue weighted by atomic mass is 10.2. The summed E-state index contributed by atoms with van der Waals surface area (Å²) in [6.45, 7) is 12.3. The van der Waals surface area contributed by atoms with Crippen molar-refractivity contribution in [2.24, 2.45) is 4.99 Å². The number of aliphatic imine (C=N–C) groups is 1. The number of hydrogen-bond donors (Lipinski definition) is 2. The number of guanidine groups is 1. The van der Waals surface area contributed by atoms with Crippen LogP contribution in [0.4, 0.5) is 0 Å². The van der Waals surface area contributed by atoms with Gasteiger partial charge in [-0.15, -0.1) is 24.0 Å². The molecule has 0 aromatic rings. The maximum Gasteiger partial charge on any atom is 0.191 e. The molecule has 0 heterocycles. The van der Waals surface area contributed by atoms with Gasteiger partial charge >= 0.3 is 0 Å². The fraction of sp³-hybridized carbons (Fsp3) is 0.941. The molecule has 0 unspecified atom stereocenters. The van der Waals surface area contributed by atoms with E-state index in [0.29, 0.717) is 19.3 Å². The Morgan fingerprint density at radius 3 is 2.46 bits per heavy atom. The lowest BCUT2D eigenvalue weighted by molar-refractivity contribution is 0.0702. The molecule has 0 aliphatic heterocycles. The highest BCUT2D eigenvalue weighted by atomic mass is 127. The average Bonchev–Trinajstić information content (AvgIpc) is 2.53. The molecule has 0 saturated heterocycles. The Kier molecular flexibility index (Phi) is 20.9. The van der Waals surface area contributed by atoms with Crippen LogP contribution in [0, 0.1) is 0 Å². The van der Waals surface area contributed by atoms with Crippen LogP contribution in [0.5, 0.6) is 0 Å². The number of rotatable bonds is 14. The molecule has 2 N–H and O–H groups in total. The van der Waals surface area contributed by atoms with Gasteiger partial charge < -0.3 is 25.0 Å². The van der Waals surface area contributed by atoms with Gasteiger partial charge in [-0.05, 0) is 53.6 Å². The molecule has 0 spiro atoms. The molecule has 146 valence electrons. The minimum Gasteiger partial charge on any atom is -0.382 e. The maximum atomic E-state index is 5.43. The summed E-state index contributed by atoms with van der Waals surface area (Å²) in [6, 6.07) is 0.618. The predicted molar refractivity (Wildman–Crippen MR) is 114 cm³/mol. The van der Waals surface area contributed by atoms with E-state index in [1.165, 1.54) is 6.42 Å². The Hall–Kier alpha value is -0.120. The number of nitrogens with one attached hydrogen (secondary N) is 2. The number of halogens is 1. The fourth-order valence-corrected chi connectivity index (χ4v) is 1.89. The zero-order valence-corrected chi connectivity index (χ0v) is 18.6. The zero-order chi connectivity index (χ0) is 17.3. The number of unbranched alkanes of at least 4 members (excludes halogenated alkanes) is 1. The quantitative estimate of drug-likeness (QED) is 0.181. The number of hydrogen-bond acceptors (Lipinski definition) is 4. The molecule has 7 heteroatoms. The first-order chi connectivity index (χ1) is 11.1. The van der Waals surface area contributed by atoms with E-state index in [2.05, 4.69) is 48.3 Å². The van der Waals surface area contributed by atoms with E-state index >= 15 is 0 Å². The summed E-state index contributed by atoms with van der Waals surface area (Å²) < 4.78 is 10.4. The van der Waals surface area contributed by atoms with E-state index < -0.39 is 0 Å². The van der Waals surface area contributed by atoms with Crippen molar-refractivity contribution in [1.82, 2.24) is 15.5 Å². The monoisotopic (exact) mass is 458 g/mol. The van der Waals surface area contributed by atoms with Crippen LogP contribution in [0.2, 0.25) is 0 Å². The van der Waals surface area contributed by atoms with E-state index in [1.807, 2.05) is 0 Å². The zero-order valence-electron chi connectivity index (χ0n) is 16.3. The van der Waals surface area contributed by atoms with Gasteiger partial charge in [0.05, 0.1) is 13.2 Å². The summed E-state index contributed by atoms with van der Waals surface area (Å²) in [5.74, 6) is 0.904. The van der Waals surface area contributed by atoms with E-state index in [0.717, 1.165) is 51.6 Å². The van der Waals surface area contributed by atoms with Crippen LogP contribution in [0.15, 0.2) is 4.99 Å². The van der Waals surface area contributed by atoms with Crippen LogP contribution in [0.3, 0.4) is 0 Å². The molecule has 0 bridgehead atoms. The standard InChI is InChI=1S/C17H38N4O2.HI/c1-6-18-17(20-11-9-13-23-15-14-22-5)19-10-7-8-12-21(4)16(2)3;/h16H,6-15H2,1-5H3,(H2,18,19,20);1H. The van der Waals surface area contributed by atoms with Crippen molar-refractivity contribution in [2.45, 2.75) is 46.1 Å². The van der Waals surface area contributed by atoms with Crippen LogP contribution < -0.4 is 10.6 Å². The minimum atomic E-state index is 0. The Morgan fingerprint density at radius 1 is 1.08 bits per heavy atom. The van der Waals surface area contributed by atoms with Crippen LogP contribution in [-0.4, -0.2) is 77.1 Å². The molecule has 0 aromatic carbocycles. The highest BCUT2D eigenvalue weighted by molar-refractivity contribution is 14.0. The number of ether oxygens (including phenoxy) is 2. The summed E-state index contributed by atoms with van der Waals surface area (Å²) in [5.41, 5.74) is 0. The maximum absolute atomic E-state index is 5.43. The van der Waals surface area contributed by atoms with Crippen molar-refractivity contribution in [3.63, 3.8) is 0 Å². The molecule has 0 atom stereocenters. The highest BCUT2D eigenvalue weighted by Crippen LogP contribution is 1.97. The molecule has 0 fully saturated rings. The fourth-order valence-electron chi connectivity index (χ4n) is 1.89. The minimum absolute atomic E-state index is 0. The van der Waals surface area contributed by atoms with E-state index in [4.69, 9.17) is 9.47 Å². The first kappa shape index (κ1) is 26.1. The van der Waals surface area contributed by atoms with Gasteiger partial charge in [-0.3, -0.25) is 4.99 Å². The van der Waals surface area contributed by atoms with Gasteiger partial charge in [-0.25, -0.2) is 0 Å². The van der Waals surface area contributed by atoms with Gasteiger partial charge in [0.1, 0.15) is 0 Å². The van der Waals surface area contributed by atoms with Crippen molar-refractivity contribution < 1.29 is 9.47 Å². The molecule has 0 radical (unpaired) electrons. The van der Waals surface area contributed by atoms with Gasteiger partial charge in [-0.2, -0.15) is 0 Å². The summed E-state index contributed by atoms with van der Waals surface area (Å²) in [6.07, 6.45) is 3.29. The van der Waals surface area contributed by atoms with Gasteiger partial charge in [0, 0.05) is 39.4 Å². The predicted octanol–water partition coefficient (Wildman–Crippen LogP) is 2.33. The molecule has 6 nitrogen and oxygen atoms in total. The third-order valence-corrected chi connectivity index (χ3v) is 3.60. The van der Waals surface area contributed by atoms with Crippen molar-refractivity contribution in [1.29, 1.82) is 0 Å². The van der Waals surface area contributed by atoms with Crippen LogP contribution in [0.25, 0.3) is 0 Å². The molecule has 0 aromatic heterocycles. The highest BCUT2D eigenvalue weighted by Gasteiger charge is 2.02. The Morgan fingerprint density at radius 2 is 1.83 bits per heavy atom. The van der Waals surface area contributed by atoms with E-state index in [9.17, 15) is 0 Å². The van der Waals surface area contributed by atoms with Crippen molar-refractivity contribution in [3.05, 3.63) is 0 Å². The van der Waals surface area contributed by atoms with E-state index in [1.54, 1.807) is 7.11 Å². The summed E-state index contributed by atoms with van der Waals surface area (Å²) >= 11 is 0. The van der Waals surface area contributed by atoms with Gasteiger partial charge in [0.2, 0.25) is 0 Å². The largest absolute Gasteiger partial charge is 0.382 e. The molecule has 24 heavy (non-hydrogen) atoms. The lowest BCUT2D eigenvalue weighted by Gasteiger charge is -2.20. The second-order valence-corrected chi connectivity index (χ2v) is 5.93. The SMILES string of the molecule is CCNC(=NCCCOCCOC)NCCCCN(C)C(C)C.I. The Labute approximate surface area is 166 Å². The normalized spacial score (nSPS) is 11.7. The van der Waals surface area contributed by atoms with Crippen molar-refractivity contribution in [2.75, 3.05) is 60.2 Å². The smallest absolute Gasteiger partial charge is 0.191 e. The molecule has 0 saturated carbocycles. The van der Waals surface area contributed by atoms with Gasteiger partial charge in [-0.1, -0.05) is 0 Å².